The van der Waals surface area contributed by atoms with Gasteiger partial charge in [-0.15, -0.1) is 22.7 Å². The van der Waals surface area contributed by atoms with Crippen molar-refractivity contribution in [3.05, 3.63) is 28.5 Å². The third-order valence-electron chi connectivity index (χ3n) is 3.36. The van der Waals surface area contributed by atoms with Crippen LogP contribution in [0, 0.1) is 0 Å². The highest BCUT2D eigenvalue weighted by molar-refractivity contribution is 7.19. The summed E-state index contributed by atoms with van der Waals surface area (Å²) in [6, 6.07) is 4.29. The van der Waals surface area contributed by atoms with E-state index in [2.05, 4.69) is 29.8 Å². The molecule has 0 aliphatic carbocycles. The van der Waals surface area contributed by atoms with Crippen molar-refractivity contribution in [2.24, 2.45) is 0 Å². The highest BCUT2D eigenvalue weighted by Gasteiger charge is 2.10. The van der Waals surface area contributed by atoms with E-state index in [9.17, 15) is 0 Å². The molecule has 94 valence electrons. The van der Waals surface area contributed by atoms with Crippen molar-refractivity contribution in [1.82, 2.24) is 4.98 Å². The van der Waals surface area contributed by atoms with Gasteiger partial charge in [-0.05, 0) is 41.3 Å². The van der Waals surface area contributed by atoms with E-state index in [1.807, 2.05) is 22.7 Å². The molecule has 3 aromatic heterocycles. The molecule has 0 aliphatic rings. The number of hydrogen-bond acceptors (Lipinski definition) is 3. The fourth-order valence-corrected chi connectivity index (χ4v) is 4.31. The second kappa shape index (κ2) is 5.37. The maximum absolute atomic E-state index is 4.72. The van der Waals surface area contributed by atoms with Gasteiger partial charge in [-0.25, -0.2) is 4.98 Å². The molecule has 0 spiro atoms. The molecular weight excluding hydrogens is 258 g/mol. The summed E-state index contributed by atoms with van der Waals surface area (Å²) in [6.07, 6.45) is 6.51. The first-order chi connectivity index (χ1) is 8.90. The average molecular weight is 275 g/mol. The lowest BCUT2D eigenvalue weighted by Gasteiger charge is -2.05. The maximum Gasteiger partial charge on any atom is 0.0820 e. The molecule has 0 unspecified atom stereocenters. The van der Waals surface area contributed by atoms with Crippen molar-refractivity contribution < 1.29 is 0 Å². The minimum Gasteiger partial charge on any atom is -0.246 e. The van der Waals surface area contributed by atoms with Crippen molar-refractivity contribution in [1.29, 1.82) is 0 Å². The number of aryl methyl sites for hydroxylation is 1. The van der Waals surface area contributed by atoms with Crippen molar-refractivity contribution >= 4 is 43.1 Å². The highest BCUT2D eigenvalue weighted by Crippen LogP contribution is 2.33. The summed E-state index contributed by atoms with van der Waals surface area (Å²) in [5.41, 5.74) is 3.89. The molecule has 3 heterocycles. The predicted octanol–water partition coefficient (Wildman–Crippen LogP) is 5.63. The molecule has 0 saturated heterocycles. The Balaban J connectivity index is 1.98. The van der Waals surface area contributed by atoms with Gasteiger partial charge in [0.1, 0.15) is 0 Å². The van der Waals surface area contributed by atoms with Gasteiger partial charge in [0.2, 0.25) is 0 Å². The van der Waals surface area contributed by atoms with Crippen LogP contribution in [0.1, 0.15) is 38.2 Å². The third kappa shape index (κ3) is 2.17. The Bertz CT molecular complexity index is 602. The van der Waals surface area contributed by atoms with E-state index in [1.54, 1.807) is 0 Å². The van der Waals surface area contributed by atoms with Gasteiger partial charge in [-0.3, -0.25) is 0 Å². The monoisotopic (exact) mass is 275 g/mol. The van der Waals surface area contributed by atoms with Gasteiger partial charge in [-0.1, -0.05) is 26.2 Å². The summed E-state index contributed by atoms with van der Waals surface area (Å²) >= 11 is 3.68. The third-order valence-corrected chi connectivity index (χ3v) is 5.29. The van der Waals surface area contributed by atoms with E-state index >= 15 is 0 Å². The van der Waals surface area contributed by atoms with E-state index in [1.165, 1.54) is 58.1 Å². The number of pyridine rings is 1. The van der Waals surface area contributed by atoms with Crippen LogP contribution >= 0.6 is 22.7 Å². The largest absolute Gasteiger partial charge is 0.246 e. The summed E-state index contributed by atoms with van der Waals surface area (Å²) in [5, 5.41) is 4.33. The van der Waals surface area contributed by atoms with Crippen LogP contribution in [0.3, 0.4) is 0 Å². The van der Waals surface area contributed by atoms with Crippen LogP contribution in [-0.2, 0) is 6.42 Å². The van der Waals surface area contributed by atoms with E-state index < -0.39 is 0 Å². The number of hydrogen-bond donors (Lipinski definition) is 0. The Kier molecular flexibility index (Phi) is 3.62. The van der Waals surface area contributed by atoms with Gasteiger partial charge >= 0.3 is 0 Å². The quantitative estimate of drug-likeness (QED) is 0.550. The lowest BCUT2D eigenvalue weighted by molar-refractivity contribution is 0.670. The zero-order chi connectivity index (χ0) is 12.4. The molecule has 0 atom stereocenters. The fourth-order valence-electron chi connectivity index (χ4n) is 2.42. The standard InChI is InChI=1S/C15H17NS2/c1-2-3-4-5-6-11-14-12(7-9-17-14)16-13-8-10-18-15(11)13/h7-10H,2-6H2,1H3. The molecule has 3 heteroatoms. The highest BCUT2D eigenvalue weighted by atomic mass is 32.1. The first-order valence-corrected chi connectivity index (χ1v) is 8.39. The van der Waals surface area contributed by atoms with Gasteiger partial charge < -0.3 is 0 Å². The molecule has 0 radical (unpaired) electrons. The lowest BCUT2D eigenvalue weighted by atomic mass is 10.1. The summed E-state index contributed by atoms with van der Waals surface area (Å²) in [6.45, 7) is 2.27. The van der Waals surface area contributed by atoms with Crippen molar-refractivity contribution in [3.8, 4) is 0 Å². The number of fused-ring (bicyclic) bond motifs is 2. The van der Waals surface area contributed by atoms with Crippen molar-refractivity contribution in [3.63, 3.8) is 0 Å². The molecule has 0 aliphatic heterocycles. The van der Waals surface area contributed by atoms with Crippen molar-refractivity contribution in [2.75, 3.05) is 0 Å². The van der Waals surface area contributed by atoms with Crippen LogP contribution in [0.2, 0.25) is 0 Å². The number of aromatic nitrogens is 1. The summed E-state index contributed by atoms with van der Waals surface area (Å²) < 4.78 is 2.81. The van der Waals surface area contributed by atoms with Gasteiger partial charge in [0.15, 0.2) is 0 Å². The Morgan fingerprint density at radius 3 is 2.22 bits per heavy atom. The Morgan fingerprint density at radius 1 is 0.944 bits per heavy atom. The van der Waals surface area contributed by atoms with Crippen LogP contribution in [0.4, 0.5) is 0 Å². The minimum absolute atomic E-state index is 1.18. The lowest BCUT2D eigenvalue weighted by Crippen LogP contribution is -1.89. The number of nitrogens with zero attached hydrogens (tertiary/aromatic N) is 1. The Hall–Kier alpha value is -0.930. The number of rotatable bonds is 5. The average Bonchev–Trinajstić information content (AvgIpc) is 3.01. The first kappa shape index (κ1) is 12.1. The van der Waals surface area contributed by atoms with Gasteiger partial charge in [0.05, 0.1) is 20.4 Å². The SMILES string of the molecule is CCCCCCc1c2sccc2nc2ccsc12. The topological polar surface area (TPSA) is 12.9 Å². The minimum atomic E-state index is 1.18. The smallest absolute Gasteiger partial charge is 0.0820 e. The van der Waals surface area contributed by atoms with Crippen LogP contribution in [0.25, 0.3) is 20.4 Å². The van der Waals surface area contributed by atoms with Gasteiger partial charge in [0, 0.05) is 0 Å². The zero-order valence-corrected chi connectivity index (χ0v) is 12.2. The Labute approximate surface area is 115 Å². The molecule has 0 amide bonds. The molecule has 0 N–H and O–H groups in total. The second-order valence-electron chi connectivity index (χ2n) is 4.67. The molecule has 1 nitrogen and oxygen atoms in total. The van der Waals surface area contributed by atoms with E-state index in [0.717, 1.165) is 0 Å². The fraction of sp³-hybridized carbons (Fsp3) is 0.400. The zero-order valence-electron chi connectivity index (χ0n) is 10.6. The first-order valence-electron chi connectivity index (χ1n) is 6.63. The molecule has 0 fully saturated rings. The van der Waals surface area contributed by atoms with Crippen molar-refractivity contribution in [2.45, 2.75) is 39.0 Å². The van der Waals surface area contributed by atoms with E-state index in [4.69, 9.17) is 4.98 Å². The molecule has 18 heavy (non-hydrogen) atoms. The molecular formula is C15H17NS2. The molecule has 0 saturated carbocycles. The summed E-state index contributed by atoms with van der Waals surface area (Å²) in [7, 11) is 0. The summed E-state index contributed by atoms with van der Waals surface area (Å²) in [5.74, 6) is 0. The van der Waals surface area contributed by atoms with Crippen LogP contribution in [0.5, 0.6) is 0 Å². The van der Waals surface area contributed by atoms with Crippen LogP contribution < -0.4 is 0 Å². The number of thiophene rings is 2. The maximum atomic E-state index is 4.72. The Morgan fingerprint density at radius 2 is 1.61 bits per heavy atom. The molecule has 3 rings (SSSR count). The van der Waals surface area contributed by atoms with Gasteiger partial charge in [0.25, 0.3) is 0 Å². The van der Waals surface area contributed by atoms with Crippen LogP contribution in [0.15, 0.2) is 22.9 Å². The van der Waals surface area contributed by atoms with Gasteiger partial charge in [-0.2, -0.15) is 0 Å². The van der Waals surface area contributed by atoms with E-state index in [0.29, 0.717) is 0 Å². The summed E-state index contributed by atoms with van der Waals surface area (Å²) in [4.78, 5) is 4.72. The van der Waals surface area contributed by atoms with Crippen LogP contribution in [-0.4, -0.2) is 4.98 Å². The molecule has 3 aromatic rings. The van der Waals surface area contributed by atoms with E-state index in [-0.39, 0.29) is 0 Å². The second-order valence-corrected chi connectivity index (χ2v) is 6.50. The number of unbranched alkanes of at least 4 members (excludes halogenated alkanes) is 3. The predicted molar refractivity (Wildman–Crippen MR) is 82.8 cm³/mol. The normalized spacial score (nSPS) is 11.6. The molecule has 0 aromatic carbocycles. The molecule has 0 bridgehead atoms.